The van der Waals surface area contributed by atoms with Gasteiger partial charge in [0.05, 0.1) is 0 Å². The molecule has 1 unspecified atom stereocenters. The SMILES string of the molecule is OC(c1ccccc1)c1cc2cccc3ccc4cccc1c4c32. The highest BCUT2D eigenvalue weighted by Gasteiger charge is 2.17. The van der Waals surface area contributed by atoms with E-state index in [2.05, 4.69) is 54.6 Å². The average molecular weight is 308 g/mol. The molecule has 5 aromatic rings. The maximum atomic E-state index is 11.0. The minimum atomic E-state index is -0.625. The average Bonchev–Trinajstić information content (AvgIpc) is 2.66. The Morgan fingerprint density at radius 2 is 1.25 bits per heavy atom. The van der Waals surface area contributed by atoms with Crippen molar-refractivity contribution in [2.45, 2.75) is 6.10 Å². The second-order valence-corrected chi connectivity index (χ2v) is 6.33. The molecule has 0 aliphatic heterocycles. The van der Waals surface area contributed by atoms with E-state index in [4.69, 9.17) is 0 Å². The van der Waals surface area contributed by atoms with Crippen molar-refractivity contribution in [2.75, 3.05) is 0 Å². The first-order valence-electron chi connectivity index (χ1n) is 8.22. The Balaban J connectivity index is 1.92. The van der Waals surface area contributed by atoms with Crippen LogP contribution < -0.4 is 0 Å². The molecular weight excluding hydrogens is 292 g/mol. The molecule has 114 valence electrons. The molecule has 24 heavy (non-hydrogen) atoms. The van der Waals surface area contributed by atoms with Crippen LogP contribution in [0.15, 0.2) is 84.9 Å². The molecule has 0 saturated heterocycles. The summed E-state index contributed by atoms with van der Waals surface area (Å²) in [5, 5.41) is 18.3. The van der Waals surface area contributed by atoms with E-state index < -0.39 is 6.10 Å². The van der Waals surface area contributed by atoms with Crippen LogP contribution in [0.1, 0.15) is 17.2 Å². The second-order valence-electron chi connectivity index (χ2n) is 6.33. The van der Waals surface area contributed by atoms with E-state index in [0.717, 1.165) is 16.5 Å². The van der Waals surface area contributed by atoms with Gasteiger partial charge in [-0.1, -0.05) is 78.9 Å². The molecule has 0 heterocycles. The Morgan fingerprint density at radius 1 is 0.583 bits per heavy atom. The monoisotopic (exact) mass is 308 g/mol. The lowest BCUT2D eigenvalue weighted by Gasteiger charge is -2.18. The van der Waals surface area contributed by atoms with Gasteiger partial charge in [0.1, 0.15) is 6.10 Å². The van der Waals surface area contributed by atoms with Crippen LogP contribution in [0.5, 0.6) is 0 Å². The number of hydrogen-bond donors (Lipinski definition) is 1. The molecule has 5 aromatic carbocycles. The fourth-order valence-corrected chi connectivity index (χ4v) is 3.83. The Hall–Kier alpha value is -2.90. The lowest BCUT2D eigenvalue weighted by Crippen LogP contribution is -2.01. The molecule has 0 aliphatic rings. The van der Waals surface area contributed by atoms with Crippen LogP contribution >= 0.6 is 0 Å². The number of hydrogen-bond acceptors (Lipinski definition) is 1. The largest absolute Gasteiger partial charge is 0.384 e. The molecule has 0 spiro atoms. The summed E-state index contributed by atoms with van der Waals surface area (Å²) < 4.78 is 0. The standard InChI is InChI=1S/C23H16O/c24-23(17-6-2-1-3-7-17)20-14-18-10-4-8-15-12-13-16-9-5-11-19(20)22(16)21(15)18/h1-14,23-24H. The van der Waals surface area contributed by atoms with Gasteiger partial charge >= 0.3 is 0 Å². The van der Waals surface area contributed by atoms with E-state index in [1.54, 1.807) is 0 Å². The molecule has 1 heteroatoms. The molecule has 0 saturated carbocycles. The van der Waals surface area contributed by atoms with Crippen molar-refractivity contribution in [3.05, 3.63) is 96.1 Å². The zero-order valence-corrected chi connectivity index (χ0v) is 13.1. The van der Waals surface area contributed by atoms with Crippen molar-refractivity contribution in [3.8, 4) is 0 Å². The highest BCUT2D eigenvalue weighted by Crippen LogP contribution is 2.39. The van der Waals surface area contributed by atoms with E-state index in [1.807, 2.05) is 30.3 Å². The number of benzene rings is 5. The third kappa shape index (κ3) is 1.85. The van der Waals surface area contributed by atoms with Crippen LogP contribution in [-0.2, 0) is 0 Å². The van der Waals surface area contributed by atoms with E-state index >= 15 is 0 Å². The maximum absolute atomic E-state index is 11.0. The Morgan fingerprint density at radius 3 is 2.04 bits per heavy atom. The van der Waals surface area contributed by atoms with E-state index in [-0.39, 0.29) is 0 Å². The van der Waals surface area contributed by atoms with Gasteiger partial charge < -0.3 is 5.11 Å². The predicted molar refractivity (Wildman–Crippen MR) is 101 cm³/mol. The van der Waals surface area contributed by atoms with Gasteiger partial charge in [0.25, 0.3) is 0 Å². The summed E-state index contributed by atoms with van der Waals surface area (Å²) in [5.41, 5.74) is 1.89. The first-order chi connectivity index (χ1) is 11.8. The second kappa shape index (κ2) is 5.05. The van der Waals surface area contributed by atoms with Crippen LogP contribution in [-0.4, -0.2) is 5.11 Å². The van der Waals surface area contributed by atoms with Crippen LogP contribution in [0.25, 0.3) is 32.3 Å². The van der Waals surface area contributed by atoms with Gasteiger partial charge in [-0.15, -0.1) is 0 Å². The zero-order chi connectivity index (χ0) is 16.1. The number of aliphatic hydroxyl groups excluding tert-OH is 1. The van der Waals surface area contributed by atoms with Crippen molar-refractivity contribution in [2.24, 2.45) is 0 Å². The van der Waals surface area contributed by atoms with Gasteiger partial charge in [-0.3, -0.25) is 0 Å². The Bertz CT molecular complexity index is 1160. The molecule has 1 atom stereocenters. The van der Waals surface area contributed by atoms with E-state index in [0.29, 0.717) is 0 Å². The zero-order valence-electron chi connectivity index (χ0n) is 13.1. The molecular formula is C23H16O. The maximum Gasteiger partial charge on any atom is 0.105 e. The minimum Gasteiger partial charge on any atom is -0.384 e. The third-order valence-electron chi connectivity index (χ3n) is 4.95. The first kappa shape index (κ1) is 13.5. The third-order valence-corrected chi connectivity index (χ3v) is 4.95. The van der Waals surface area contributed by atoms with Gasteiger partial charge in [-0.25, -0.2) is 0 Å². The van der Waals surface area contributed by atoms with Gasteiger partial charge in [-0.2, -0.15) is 0 Å². The molecule has 1 N–H and O–H groups in total. The highest BCUT2D eigenvalue weighted by atomic mass is 16.3. The Kier molecular flexibility index (Phi) is 2.85. The fraction of sp³-hybridized carbons (Fsp3) is 0.0435. The van der Waals surface area contributed by atoms with Crippen molar-refractivity contribution in [3.63, 3.8) is 0 Å². The molecule has 0 bridgehead atoms. The van der Waals surface area contributed by atoms with Crippen molar-refractivity contribution < 1.29 is 5.11 Å². The molecule has 0 amide bonds. The minimum absolute atomic E-state index is 0.625. The van der Waals surface area contributed by atoms with Crippen LogP contribution in [0, 0.1) is 0 Å². The van der Waals surface area contributed by atoms with Crippen molar-refractivity contribution >= 4 is 32.3 Å². The van der Waals surface area contributed by atoms with Gasteiger partial charge in [0.2, 0.25) is 0 Å². The van der Waals surface area contributed by atoms with Crippen molar-refractivity contribution in [1.29, 1.82) is 0 Å². The lowest BCUT2D eigenvalue weighted by molar-refractivity contribution is 0.222. The summed E-state index contributed by atoms with van der Waals surface area (Å²) in [4.78, 5) is 0. The summed E-state index contributed by atoms with van der Waals surface area (Å²) in [6.07, 6.45) is -0.625. The summed E-state index contributed by atoms with van der Waals surface area (Å²) in [7, 11) is 0. The lowest BCUT2D eigenvalue weighted by atomic mass is 9.88. The van der Waals surface area contributed by atoms with Crippen LogP contribution in [0.4, 0.5) is 0 Å². The topological polar surface area (TPSA) is 20.2 Å². The highest BCUT2D eigenvalue weighted by molar-refractivity contribution is 6.23. The van der Waals surface area contributed by atoms with Crippen molar-refractivity contribution in [1.82, 2.24) is 0 Å². The molecule has 0 fully saturated rings. The number of aliphatic hydroxyl groups is 1. The van der Waals surface area contributed by atoms with Crippen LogP contribution in [0.3, 0.4) is 0 Å². The predicted octanol–water partition coefficient (Wildman–Crippen LogP) is 5.67. The smallest absolute Gasteiger partial charge is 0.105 e. The molecule has 0 aromatic heterocycles. The van der Waals surface area contributed by atoms with E-state index in [1.165, 1.54) is 26.9 Å². The fourth-order valence-electron chi connectivity index (χ4n) is 3.83. The quantitative estimate of drug-likeness (QED) is 0.417. The number of rotatable bonds is 2. The normalized spacial score (nSPS) is 13.0. The summed E-state index contributed by atoms with van der Waals surface area (Å²) in [5.74, 6) is 0. The van der Waals surface area contributed by atoms with E-state index in [9.17, 15) is 5.11 Å². The first-order valence-corrected chi connectivity index (χ1v) is 8.22. The summed E-state index contributed by atoms with van der Waals surface area (Å²) >= 11 is 0. The van der Waals surface area contributed by atoms with Crippen LogP contribution in [0.2, 0.25) is 0 Å². The Labute approximate surface area is 140 Å². The van der Waals surface area contributed by atoms with Gasteiger partial charge in [0, 0.05) is 0 Å². The van der Waals surface area contributed by atoms with Gasteiger partial charge in [0.15, 0.2) is 0 Å². The summed E-state index contributed by atoms with van der Waals surface area (Å²) in [6.45, 7) is 0. The summed E-state index contributed by atoms with van der Waals surface area (Å²) in [6, 6.07) is 29.1. The van der Waals surface area contributed by atoms with Gasteiger partial charge in [-0.05, 0) is 49.5 Å². The molecule has 1 nitrogen and oxygen atoms in total. The molecule has 5 rings (SSSR count). The molecule has 0 aliphatic carbocycles. The molecule has 0 radical (unpaired) electrons.